The normalized spacial score (nSPS) is 13.2. The first-order valence-electron chi connectivity index (χ1n) is 7.48. The lowest BCUT2D eigenvalue weighted by atomic mass is 10.1. The number of anilines is 2. The Labute approximate surface area is 134 Å². The van der Waals surface area contributed by atoms with Gasteiger partial charge in [0.05, 0.1) is 6.04 Å². The fourth-order valence-electron chi connectivity index (χ4n) is 2.11. The van der Waals surface area contributed by atoms with E-state index in [4.69, 9.17) is 0 Å². The Morgan fingerprint density at radius 3 is 2.39 bits per heavy atom. The summed E-state index contributed by atoms with van der Waals surface area (Å²) in [5.41, 5.74) is 1.08. The molecule has 2 unspecified atom stereocenters. The Hall–Kier alpha value is -2.57. The third kappa shape index (κ3) is 4.70. The summed E-state index contributed by atoms with van der Waals surface area (Å²) < 4.78 is 13.6. The molecule has 0 saturated carbocycles. The zero-order valence-corrected chi connectivity index (χ0v) is 13.4. The molecule has 122 valence electrons. The summed E-state index contributed by atoms with van der Waals surface area (Å²) in [5.74, 6) is -0.0692. The highest BCUT2D eigenvalue weighted by Gasteiger charge is 2.16. The molecule has 2 aromatic rings. The first kappa shape index (κ1) is 16.8. The van der Waals surface area contributed by atoms with E-state index in [0.717, 1.165) is 12.0 Å². The lowest BCUT2D eigenvalue weighted by molar-refractivity contribution is -0.114. The maximum absolute atomic E-state index is 13.6. The van der Waals surface area contributed by atoms with Gasteiger partial charge in [0, 0.05) is 6.92 Å². The van der Waals surface area contributed by atoms with Crippen molar-refractivity contribution in [2.45, 2.75) is 39.4 Å². The predicted molar refractivity (Wildman–Crippen MR) is 86.8 cm³/mol. The molecule has 7 heteroatoms. The third-order valence-electron chi connectivity index (χ3n) is 3.21. The van der Waals surface area contributed by atoms with Crippen molar-refractivity contribution in [1.29, 1.82) is 0 Å². The highest BCUT2D eigenvalue weighted by molar-refractivity contribution is 5.86. The fourth-order valence-corrected chi connectivity index (χ4v) is 2.11. The van der Waals surface area contributed by atoms with E-state index in [1.165, 1.54) is 13.8 Å². The minimum Gasteiger partial charge on any atom is -0.347 e. The van der Waals surface area contributed by atoms with E-state index in [-0.39, 0.29) is 29.7 Å². The van der Waals surface area contributed by atoms with E-state index in [9.17, 15) is 9.18 Å². The van der Waals surface area contributed by atoms with Gasteiger partial charge < -0.3 is 5.32 Å². The van der Waals surface area contributed by atoms with Crippen molar-refractivity contribution in [1.82, 2.24) is 15.0 Å². The second-order valence-electron chi connectivity index (χ2n) is 5.15. The van der Waals surface area contributed by atoms with Gasteiger partial charge in [0.15, 0.2) is 12.0 Å². The number of hydrogen-bond acceptors (Lipinski definition) is 5. The fraction of sp³-hybridized carbons (Fsp3) is 0.375. The number of halogens is 1. The quantitative estimate of drug-likeness (QED) is 0.853. The summed E-state index contributed by atoms with van der Waals surface area (Å²) in [6, 6.07) is 9.81. The van der Waals surface area contributed by atoms with Gasteiger partial charge in [-0.25, -0.2) is 4.39 Å². The molecule has 2 rings (SSSR count). The molecule has 0 bridgehead atoms. The monoisotopic (exact) mass is 317 g/mol. The first-order valence-corrected chi connectivity index (χ1v) is 7.48. The summed E-state index contributed by atoms with van der Waals surface area (Å²) in [4.78, 5) is 23.3. The van der Waals surface area contributed by atoms with Crippen LogP contribution in [0.15, 0.2) is 30.3 Å². The Balaban J connectivity index is 2.29. The Bertz CT molecular complexity index is 663. The van der Waals surface area contributed by atoms with E-state index < -0.39 is 6.17 Å². The highest BCUT2D eigenvalue weighted by atomic mass is 19.1. The van der Waals surface area contributed by atoms with Gasteiger partial charge in [0.25, 0.3) is 0 Å². The van der Waals surface area contributed by atoms with Gasteiger partial charge in [-0.15, -0.1) is 0 Å². The van der Waals surface area contributed by atoms with Crippen molar-refractivity contribution in [3.05, 3.63) is 41.7 Å². The number of carbonyl (C=O) groups excluding carboxylic acids is 1. The van der Waals surface area contributed by atoms with Gasteiger partial charge in [0.1, 0.15) is 0 Å². The number of aromatic nitrogens is 3. The number of amides is 1. The minimum atomic E-state index is -1.36. The molecular weight excluding hydrogens is 297 g/mol. The van der Waals surface area contributed by atoms with Crippen molar-refractivity contribution in [2.75, 3.05) is 10.6 Å². The van der Waals surface area contributed by atoms with Crippen LogP contribution in [0.4, 0.5) is 16.3 Å². The van der Waals surface area contributed by atoms with E-state index in [0.29, 0.717) is 0 Å². The molecule has 1 aromatic carbocycles. The molecule has 6 nitrogen and oxygen atoms in total. The largest absolute Gasteiger partial charge is 0.347 e. The molecule has 2 atom stereocenters. The van der Waals surface area contributed by atoms with Crippen molar-refractivity contribution in [2.24, 2.45) is 0 Å². The summed E-state index contributed by atoms with van der Waals surface area (Å²) in [6.07, 6.45) is -0.561. The van der Waals surface area contributed by atoms with Gasteiger partial charge in [-0.3, -0.25) is 10.1 Å². The number of benzene rings is 1. The standard InChI is InChI=1S/C16H20FN5O/c1-4-13(12-8-6-5-7-9-12)19-16-21-14(10(2)17)20-15(22-16)18-11(3)23/h5-10,13H,4H2,1-3H3,(H2,18,19,20,21,22,23). The van der Waals surface area contributed by atoms with E-state index in [1.54, 1.807) is 0 Å². The van der Waals surface area contributed by atoms with Crippen LogP contribution in [0.2, 0.25) is 0 Å². The number of nitrogens with zero attached hydrogens (tertiary/aromatic N) is 3. The summed E-state index contributed by atoms with van der Waals surface area (Å²) in [7, 11) is 0. The Morgan fingerprint density at radius 1 is 1.17 bits per heavy atom. The highest BCUT2D eigenvalue weighted by Crippen LogP contribution is 2.22. The average Bonchev–Trinajstić information content (AvgIpc) is 2.52. The van der Waals surface area contributed by atoms with E-state index in [1.807, 2.05) is 37.3 Å². The van der Waals surface area contributed by atoms with Crippen molar-refractivity contribution in [3.63, 3.8) is 0 Å². The second-order valence-corrected chi connectivity index (χ2v) is 5.15. The van der Waals surface area contributed by atoms with Crippen LogP contribution in [0.1, 0.15) is 50.8 Å². The molecule has 2 N–H and O–H groups in total. The smallest absolute Gasteiger partial charge is 0.234 e. The molecule has 0 spiro atoms. The summed E-state index contributed by atoms with van der Waals surface area (Å²) in [6.45, 7) is 4.71. The SMILES string of the molecule is CCC(Nc1nc(NC(C)=O)nc(C(C)F)n1)c1ccccc1. The van der Waals surface area contributed by atoms with Gasteiger partial charge in [0.2, 0.25) is 17.8 Å². The second kappa shape index (κ2) is 7.62. The zero-order valence-electron chi connectivity index (χ0n) is 13.4. The lowest BCUT2D eigenvalue weighted by Crippen LogP contribution is -2.17. The van der Waals surface area contributed by atoms with Crippen LogP contribution in [0, 0.1) is 0 Å². The third-order valence-corrected chi connectivity index (χ3v) is 3.21. The number of alkyl halides is 1. The van der Waals surface area contributed by atoms with Gasteiger partial charge >= 0.3 is 0 Å². The van der Waals surface area contributed by atoms with Gasteiger partial charge in [-0.1, -0.05) is 37.3 Å². The molecule has 1 amide bonds. The van der Waals surface area contributed by atoms with Crippen molar-refractivity contribution in [3.8, 4) is 0 Å². The number of rotatable bonds is 6. The first-order chi connectivity index (χ1) is 11.0. The van der Waals surface area contributed by atoms with Crippen LogP contribution < -0.4 is 10.6 Å². The number of hydrogen-bond donors (Lipinski definition) is 2. The van der Waals surface area contributed by atoms with Crippen LogP contribution >= 0.6 is 0 Å². The summed E-state index contributed by atoms with van der Waals surface area (Å²) >= 11 is 0. The molecule has 1 aromatic heterocycles. The van der Waals surface area contributed by atoms with Crippen LogP contribution in [0.5, 0.6) is 0 Å². The van der Waals surface area contributed by atoms with Crippen LogP contribution in [0.25, 0.3) is 0 Å². The maximum Gasteiger partial charge on any atom is 0.234 e. The predicted octanol–water partition coefficient (Wildman–Crippen LogP) is 3.42. The maximum atomic E-state index is 13.6. The molecule has 23 heavy (non-hydrogen) atoms. The molecule has 0 radical (unpaired) electrons. The van der Waals surface area contributed by atoms with E-state index in [2.05, 4.69) is 25.6 Å². The molecule has 0 fully saturated rings. The van der Waals surface area contributed by atoms with E-state index >= 15 is 0 Å². The molecule has 0 aliphatic rings. The number of carbonyl (C=O) groups is 1. The molecular formula is C16H20FN5O. The molecule has 0 aliphatic heterocycles. The summed E-state index contributed by atoms with van der Waals surface area (Å²) in [5, 5.41) is 5.64. The minimum absolute atomic E-state index is 0.0193. The zero-order chi connectivity index (χ0) is 16.8. The Morgan fingerprint density at radius 2 is 1.83 bits per heavy atom. The van der Waals surface area contributed by atoms with Crippen LogP contribution in [-0.4, -0.2) is 20.9 Å². The van der Waals surface area contributed by atoms with Crippen LogP contribution in [-0.2, 0) is 4.79 Å². The van der Waals surface area contributed by atoms with Crippen molar-refractivity contribution < 1.29 is 9.18 Å². The molecule has 0 aliphatic carbocycles. The molecule has 1 heterocycles. The number of nitrogens with one attached hydrogen (secondary N) is 2. The average molecular weight is 317 g/mol. The Kier molecular flexibility index (Phi) is 5.56. The van der Waals surface area contributed by atoms with Crippen LogP contribution in [0.3, 0.4) is 0 Å². The van der Waals surface area contributed by atoms with Gasteiger partial charge in [-0.05, 0) is 18.9 Å². The van der Waals surface area contributed by atoms with Gasteiger partial charge in [-0.2, -0.15) is 15.0 Å². The topological polar surface area (TPSA) is 79.8 Å². The lowest BCUT2D eigenvalue weighted by Gasteiger charge is -2.18. The molecule has 0 saturated heterocycles. The van der Waals surface area contributed by atoms with Crippen molar-refractivity contribution >= 4 is 17.8 Å².